The largest absolute Gasteiger partial charge is 0.381 e. The fraction of sp³-hybridized carbons (Fsp3) is 0.750. The van der Waals surface area contributed by atoms with Crippen LogP contribution in [-0.2, 0) is 20.9 Å². The molecule has 2 atom stereocenters. The first-order valence-electron chi connectivity index (χ1n) is 10.5. The predicted molar refractivity (Wildman–Crippen MR) is 106 cm³/mol. The van der Waals surface area contributed by atoms with Crippen LogP contribution in [0.25, 0.3) is 0 Å². The Labute approximate surface area is 167 Å². The van der Waals surface area contributed by atoms with Crippen LogP contribution >= 0.6 is 0 Å². The average Bonchev–Trinajstić information content (AvgIpc) is 3.12. The number of nitrogens with zero attached hydrogens (tertiary/aromatic N) is 3. The van der Waals surface area contributed by atoms with Gasteiger partial charge in [0.05, 0.1) is 5.92 Å². The maximum atomic E-state index is 12.8. The molecule has 1 aromatic heterocycles. The molecule has 0 spiro atoms. The summed E-state index contributed by atoms with van der Waals surface area (Å²) in [6.45, 7) is 6.14. The highest BCUT2D eigenvalue weighted by molar-refractivity contribution is 5.79. The monoisotopic (exact) mass is 391 g/mol. The van der Waals surface area contributed by atoms with Crippen molar-refractivity contribution in [3.63, 3.8) is 0 Å². The van der Waals surface area contributed by atoms with Gasteiger partial charge in [-0.1, -0.05) is 0 Å². The van der Waals surface area contributed by atoms with Crippen LogP contribution in [0, 0.1) is 5.92 Å². The third-order valence-corrected chi connectivity index (χ3v) is 5.68. The molecule has 0 aliphatic carbocycles. The molecular weight excluding hydrogens is 358 g/mol. The van der Waals surface area contributed by atoms with E-state index in [1.165, 1.54) is 0 Å². The van der Waals surface area contributed by atoms with Gasteiger partial charge in [0, 0.05) is 70.8 Å². The van der Waals surface area contributed by atoms with Crippen LogP contribution in [0.3, 0.4) is 0 Å². The Kier molecular flexibility index (Phi) is 7.85. The maximum Gasteiger partial charge on any atom is 0.224 e. The lowest BCUT2D eigenvalue weighted by Gasteiger charge is -2.36. The summed E-state index contributed by atoms with van der Waals surface area (Å²) in [4.78, 5) is 26.8. The van der Waals surface area contributed by atoms with E-state index in [0.29, 0.717) is 12.6 Å². The summed E-state index contributed by atoms with van der Waals surface area (Å²) in [6.07, 6.45) is 8.18. The summed E-state index contributed by atoms with van der Waals surface area (Å²) < 4.78 is 7.38. The summed E-state index contributed by atoms with van der Waals surface area (Å²) in [5.41, 5.74) is 0. The van der Waals surface area contributed by atoms with E-state index in [-0.39, 0.29) is 23.8 Å². The maximum absolute atomic E-state index is 12.8. The highest BCUT2D eigenvalue weighted by Gasteiger charge is 2.32. The third-order valence-electron chi connectivity index (χ3n) is 5.68. The number of carbonyl (C=O) groups is 2. The van der Waals surface area contributed by atoms with Gasteiger partial charge in [0.15, 0.2) is 0 Å². The molecule has 156 valence electrons. The van der Waals surface area contributed by atoms with Crippen molar-refractivity contribution in [1.29, 1.82) is 0 Å². The zero-order chi connectivity index (χ0) is 19.8. The van der Waals surface area contributed by atoms with E-state index in [2.05, 4.69) is 20.6 Å². The predicted octanol–water partition coefficient (Wildman–Crippen LogP) is 0.785. The molecule has 2 fully saturated rings. The molecule has 8 heteroatoms. The number of aryl methyl sites for hydroxylation is 1. The number of hydrogen-bond acceptors (Lipinski definition) is 5. The molecule has 2 aliphatic rings. The van der Waals surface area contributed by atoms with Crippen molar-refractivity contribution in [2.24, 2.45) is 5.92 Å². The van der Waals surface area contributed by atoms with Crippen LogP contribution < -0.4 is 10.6 Å². The minimum Gasteiger partial charge on any atom is -0.381 e. The van der Waals surface area contributed by atoms with Crippen molar-refractivity contribution in [2.75, 3.05) is 32.8 Å². The van der Waals surface area contributed by atoms with Gasteiger partial charge in [0.2, 0.25) is 11.8 Å². The molecule has 2 amide bonds. The van der Waals surface area contributed by atoms with Gasteiger partial charge in [0.25, 0.3) is 0 Å². The molecule has 0 radical (unpaired) electrons. The normalized spacial score (nSPS) is 24.5. The fourth-order valence-electron chi connectivity index (χ4n) is 4.22. The fourth-order valence-corrected chi connectivity index (χ4v) is 4.22. The summed E-state index contributed by atoms with van der Waals surface area (Å²) in [6, 6.07) is 2.44. The summed E-state index contributed by atoms with van der Waals surface area (Å²) >= 11 is 0. The molecule has 28 heavy (non-hydrogen) atoms. The van der Waals surface area contributed by atoms with E-state index < -0.39 is 0 Å². The molecule has 2 saturated heterocycles. The third kappa shape index (κ3) is 6.31. The Morgan fingerprint density at radius 1 is 1.18 bits per heavy atom. The number of hydrogen-bond donors (Lipinski definition) is 2. The van der Waals surface area contributed by atoms with Crippen LogP contribution in [0.4, 0.5) is 0 Å². The second-order valence-electron chi connectivity index (χ2n) is 7.88. The lowest BCUT2D eigenvalue weighted by Crippen LogP contribution is -2.48. The van der Waals surface area contributed by atoms with E-state index in [1.54, 1.807) is 13.1 Å². The molecule has 2 N–H and O–H groups in total. The lowest BCUT2D eigenvalue weighted by molar-refractivity contribution is -0.126. The first-order valence-corrected chi connectivity index (χ1v) is 10.5. The Morgan fingerprint density at radius 3 is 2.71 bits per heavy atom. The van der Waals surface area contributed by atoms with Crippen molar-refractivity contribution in [3.05, 3.63) is 18.5 Å². The number of amides is 2. The summed E-state index contributed by atoms with van der Waals surface area (Å²) in [5, 5.41) is 10.3. The molecule has 3 rings (SSSR count). The van der Waals surface area contributed by atoms with E-state index in [0.717, 1.165) is 65.0 Å². The van der Waals surface area contributed by atoms with Crippen LogP contribution in [0.2, 0.25) is 0 Å². The lowest BCUT2D eigenvalue weighted by atomic mass is 10.00. The molecule has 0 aromatic carbocycles. The Balaban J connectivity index is 1.52. The van der Waals surface area contributed by atoms with Gasteiger partial charge < -0.3 is 15.4 Å². The Bertz CT molecular complexity index is 615. The molecule has 2 aliphatic heterocycles. The molecule has 1 aromatic rings. The number of aromatic nitrogens is 2. The van der Waals surface area contributed by atoms with Crippen molar-refractivity contribution >= 4 is 11.8 Å². The topological polar surface area (TPSA) is 88.5 Å². The molecule has 0 unspecified atom stereocenters. The van der Waals surface area contributed by atoms with Gasteiger partial charge in [-0.2, -0.15) is 5.10 Å². The van der Waals surface area contributed by atoms with Gasteiger partial charge in [-0.25, -0.2) is 0 Å². The van der Waals surface area contributed by atoms with Crippen molar-refractivity contribution in [2.45, 2.75) is 57.7 Å². The Hall–Kier alpha value is -1.93. The smallest absolute Gasteiger partial charge is 0.224 e. The minimum absolute atomic E-state index is 0.00143. The SMILES string of the molecule is CC(=O)N[C@H]1CC[C@@H](C(=O)NCCCn2cccn2)CN(C2CCOCC2)C1. The van der Waals surface area contributed by atoms with Crippen LogP contribution in [0.15, 0.2) is 18.5 Å². The van der Waals surface area contributed by atoms with E-state index in [4.69, 9.17) is 4.74 Å². The highest BCUT2D eigenvalue weighted by Crippen LogP contribution is 2.23. The highest BCUT2D eigenvalue weighted by atomic mass is 16.5. The average molecular weight is 392 g/mol. The standard InChI is InChI=1S/C20H33N5O3/c1-16(26)23-18-5-4-17(14-24(15-18)19-6-12-28-13-7-19)20(27)21-8-2-10-25-11-3-9-22-25/h3,9,11,17-19H,2,4-8,10,12-15H2,1H3,(H,21,27)(H,23,26)/t17-,18+/m1/s1. The number of rotatable bonds is 7. The summed E-state index contributed by atoms with van der Waals surface area (Å²) in [7, 11) is 0. The Morgan fingerprint density at radius 2 is 2.00 bits per heavy atom. The second kappa shape index (κ2) is 10.6. The summed E-state index contributed by atoms with van der Waals surface area (Å²) in [5.74, 6) is 0.0887. The zero-order valence-corrected chi connectivity index (χ0v) is 16.8. The first kappa shape index (κ1) is 20.8. The van der Waals surface area contributed by atoms with Crippen molar-refractivity contribution < 1.29 is 14.3 Å². The molecule has 0 bridgehead atoms. The van der Waals surface area contributed by atoms with E-state index in [1.807, 2.05) is 16.9 Å². The number of ether oxygens (including phenoxy) is 1. The van der Waals surface area contributed by atoms with Gasteiger partial charge in [-0.15, -0.1) is 0 Å². The molecule has 0 saturated carbocycles. The van der Waals surface area contributed by atoms with Crippen molar-refractivity contribution in [3.8, 4) is 0 Å². The number of likely N-dealkylation sites (tertiary alicyclic amines) is 1. The first-order chi connectivity index (χ1) is 13.6. The quantitative estimate of drug-likeness (QED) is 0.671. The second-order valence-corrected chi connectivity index (χ2v) is 7.88. The van der Waals surface area contributed by atoms with Crippen LogP contribution in [0.5, 0.6) is 0 Å². The minimum atomic E-state index is -0.0358. The van der Waals surface area contributed by atoms with Crippen LogP contribution in [0.1, 0.15) is 39.0 Å². The van der Waals surface area contributed by atoms with Gasteiger partial charge >= 0.3 is 0 Å². The number of carbonyl (C=O) groups excluding carboxylic acids is 2. The van der Waals surface area contributed by atoms with Crippen LogP contribution in [-0.4, -0.2) is 71.4 Å². The van der Waals surface area contributed by atoms with E-state index in [9.17, 15) is 9.59 Å². The van der Waals surface area contributed by atoms with Crippen molar-refractivity contribution in [1.82, 2.24) is 25.3 Å². The van der Waals surface area contributed by atoms with Gasteiger partial charge in [-0.05, 0) is 38.2 Å². The van der Waals surface area contributed by atoms with E-state index >= 15 is 0 Å². The number of nitrogens with one attached hydrogen (secondary N) is 2. The van der Waals surface area contributed by atoms with Gasteiger partial charge in [-0.3, -0.25) is 19.2 Å². The molecule has 3 heterocycles. The molecule has 8 nitrogen and oxygen atoms in total. The van der Waals surface area contributed by atoms with Gasteiger partial charge in [0.1, 0.15) is 0 Å². The molecular formula is C20H33N5O3. The zero-order valence-electron chi connectivity index (χ0n) is 16.8.